The van der Waals surface area contributed by atoms with Gasteiger partial charge in [-0.05, 0) is 26.7 Å². The summed E-state index contributed by atoms with van der Waals surface area (Å²) < 4.78 is 0. The Morgan fingerprint density at radius 2 is 1.85 bits per heavy atom. The van der Waals surface area contributed by atoms with Crippen LogP contribution in [-0.4, -0.2) is 49.0 Å². The quantitative estimate of drug-likeness (QED) is 0.760. The number of hydrogen-bond donors (Lipinski definition) is 2. The maximum Gasteiger partial charge on any atom is 0.274 e. The van der Waals surface area contributed by atoms with Gasteiger partial charge in [0.1, 0.15) is 17.3 Å². The summed E-state index contributed by atoms with van der Waals surface area (Å²) in [4.78, 5) is 27.0. The summed E-state index contributed by atoms with van der Waals surface area (Å²) in [7, 11) is 0. The Hall–Kier alpha value is -2.96. The van der Waals surface area contributed by atoms with Crippen molar-refractivity contribution in [2.45, 2.75) is 32.6 Å². The second kappa shape index (κ2) is 6.74. The molecule has 2 N–H and O–H groups in total. The van der Waals surface area contributed by atoms with Crippen LogP contribution in [-0.2, 0) is 0 Å². The molecule has 134 valence electrons. The van der Waals surface area contributed by atoms with Crippen molar-refractivity contribution >= 4 is 5.91 Å². The fourth-order valence-electron chi connectivity index (χ4n) is 3.43. The van der Waals surface area contributed by atoms with Crippen molar-refractivity contribution in [3.63, 3.8) is 0 Å². The summed E-state index contributed by atoms with van der Waals surface area (Å²) in [6, 6.07) is 9.85. The van der Waals surface area contributed by atoms with Crippen LogP contribution < -0.4 is 0 Å². The fraction of sp³-hybridized carbons (Fsp3) is 0.368. The van der Waals surface area contributed by atoms with Gasteiger partial charge in [-0.15, -0.1) is 0 Å². The number of carbonyl (C=O) groups excluding carboxylic acids is 1. The first kappa shape index (κ1) is 16.5. The molecular formula is C19H22N6O. The van der Waals surface area contributed by atoms with Gasteiger partial charge in [-0.2, -0.15) is 5.10 Å². The van der Waals surface area contributed by atoms with E-state index in [9.17, 15) is 4.79 Å². The third-order valence-electron chi connectivity index (χ3n) is 4.90. The lowest BCUT2D eigenvalue weighted by atomic mass is 9.96. The van der Waals surface area contributed by atoms with Gasteiger partial charge < -0.3 is 9.88 Å². The Morgan fingerprint density at radius 3 is 2.50 bits per heavy atom. The second-order valence-electron chi connectivity index (χ2n) is 6.77. The predicted octanol–water partition coefficient (Wildman–Crippen LogP) is 2.83. The highest BCUT2D eigenvalue weighted by atomic mass is 16.2. The topological polar surface area (TPSA) is 90.6 Å². The molecule has 0 bridgehead atoms. The Balaban J connectivity index is 1.46. The van der Waals surface area contributed by atoms with E-state index in [4.69, 9.17) is 0 Å². The Kier molecular flexibility index (Phi) is 4.28. The maximum atomic E-state index is 12.9. The number of piperidine rings is 1. The van der Waals surface area contributed by atoms with Crippen LogP contribution in [0, 0.1) is 13.8 Å². The smallest absolute Gasteiger partial charge is 0.274 e. The molecule has 0 radical (unpaired) electrons. The fourth-order valence-corrected chi connectivity index (χ4v) is 3.43. The molecule has 26 heavy (non-hydrogen) atoms. The third kappa shape index (κ3) is 3.12. The van der Waals surface area contributed by atoms with Gasteiger partial charge in [-0.3, -0.25) is 9.89 Å². The van der Waals surface area contributed by atoms with Gasteiger partial charge in [0.15, 0.2) is 5.82 Å². The summed E-state index contributed by atoms with van der Waals surface area (Å²) in [5, 5.41) is 7.16. The van der Waals surface area contributed by atoms with Crippen molar-refractivity contribution < 1.29 is 4.79 Å². The van der Waals surface area contributed by atoms with Crippen molar-refractivity contribution in [3.8, 4) is 11.4 Å². The third-order valence-corrected chi connectivity index (χ3v) is 4.90. The molecule has 0 aliphatic carbocycles. The van der Waals surface area contributed by atoms with Crippen LogP contribution in [0.15, 0.2) is 30.3 Å². The maximum absolute atomic E-state index is 12.9. The molecule has 0 unspecified atom stereocenters. The Morgan fingerprint density at radius 1 is 1.12 bits per heavy atom. The lowest BCUT2D eigenvalue weighted by Crippen LogP contribution is -2.38. The number of rotatable bonds is 3. The summed E-state index contributed by atoms with van der Waals surface area (Å²) in [6.07, 6.45) is 1.75. The molecule has 1 aliphatic heterocycles. The van der Waals surface area contributed by atoms with E-state index >= 15 is 0 Å². The summed E-state index contributed by atoms with van der Waals surface area (Å²) in [5.74, 6) is 2.73. The van der Waals surface area contributed by atoms with Crippen molar-refractivity contribution in [3.05, 3.63) is 53.4 Å². The van der Waals surface area contributed by atoms with Gasteiger partial charge in [-0.25, -0.2) is 9.97 Å². The monoisotopic (exact) mass is 350 g/mol. The second-order valence-corrected chi connectivity index (χ2v) is 6.77. The molecule has 1 amide bonds. The molecule has 1 aromatic carbocycles. The van der Waals surface area contributed by atoms with Gasteiger partial charge in [-0.1, -0.05) is 30.3 Å². The molecule has 1 fully saturated rings. The SMILES string of the molecule is Cc1nc(C2CCN(C(=O)c3nc(-c4ccccc4)[nH]c3C)CC2)n[nH]1. The van der Waals surface area contributed by atoms with E-state index < -0.39 is 0 Å². The highest BCUT2D eigenvalue weighted by Gasteiger charge is 2.28. The number of hydrogen-bond acceptors (Lipinski definition) is 4. The molecule has 3 heterocycles. The van der Waals surface area contributed by atoms with Crippen molar-refractivity contribution in [1.29, 1.82) is 0 Å². The lowest BCUT2D eigenvalue weighted by Gasteiger charge is -2.30. The van der Waals surface area contributed by atoms with Crippen LogP contribution in [0.3, 0.4) is 0 Å². The molecule has 1 aliphatic rings. The van der Waals surface area contributed by atoms with Crippen LogP contribution in [0.1, 0.15) is 46.6 Å². The van der Waals surface area contributed by atoms with Gasteiger partial charge in [0.05, 0.1) is 0 Å². The zero-order valence-corrected chi connectivity index (χ0v) is 15.0. The zero-order valence-electron chi connectivity index (χ0n) is 15.0. The van der Waals surface area contributed by atoms with Crippen LogP contribution in [0.2, 0.25) is 0 Å². The van der Waals surface area contributed by atoms with E-state index in [0.29, 0.717) is 24.7 Å². The van der Waals surface area contributed by atoms with E-state index in [1.807, 2.05) is 49.1 Å². The first-order valence-electron chi connectivity index (χ1n) is 8.92. The molecule has 3 aromatic rings. The number of amides is 1. The minimum atomic E-state index is -0.00875. The van der Waals surface area contributed by atoms with Gasteiger partial charge in [0, 0.05) is 30.3 Å². The minimum absolute atomic E-state index is 0.00875. The lowest BCUT2D eigenvalue weighted by molar-refractivity contribution is 0.0705. The zero-order chi connectivity index (χ0) is 18.1. The van der Waals surface area contributed by atoms with Crippen LogP contribution >= 0.6 is 0 Å². The molecular weight excluding hydrogens is 328 g/mol. The van der Waals surface area contributed by atoms with E-state index in [-0.39, 0.29) is 5.91 Å². The normalized spacial score (nSPS) is 15.4. The average molecular weight is 350 g/mol. The molecule has 7 heteroatoms. The number of imidazole rings is 1. The average Bonchev–Trinajstić information content (AvgIpc) is 3.28. The van der Waals surface area contributed by atoms with Crippen LogP contribution in [0.25, 0.3) is 11.4 Å². The number of aromatic amines is 2. The molecule has 7 nitrogen and oxygen atoms in total. The minimum Gasteiger partial charge on any atom is -0.341 e. The van der Waals surface area contributed by atoms with Crippen LogP contribution in [0.4, 0.5) is 0 Å². The number of aromatic nitrogens is 5. The number of likely N-dealkylation sites (tertiary alicyclic amines) is 1. The van der Waals surface area contributed by atoms with Gasteiger partial charge >= 0.3 is 0 Å². The standard InChI is InChI=1S/C19H22N6O/c1-12-16(22-17(20-12)14-6-4-3-5-7-14)19(26)25-10-8-15(9-11-25)18-21-13(2)23-24-18/h3-7,15H,8-11H2,1-2H3,(H,20,22)(H,21,23,24). The number of H-pyrrole nitrogens is 2. The Labute approximate surface area is 151 Å². The van der Waals surface area contributed by atoms with Crippen LogP contribution in [0.5, 0.6) is 0 Å². The number of benzene rings is 1. The van der Waals surface area contributed by atoms with Crippen molar-refractivity contribution in [2.24, 2.45) is 0 Å². The first-order chi connectivity index (χ1) is 12.6. The number of aryl methyl sites for hydroxylation is 2. The molecule has 4 rings (SSSR count). The summed E-state index contributed by atoms with van der Waals surface area (Å²) >= 11 is 0. The van der Waals surface area contributed by atoms with Gasteiger partial charge in [0.25, 0.3) is 5.91 Å². The number of carbonyl (C=O) groups is 1. The van der Waals surface area contributed by atoms with E-state index in [2.05, 4.69) is 25.1 Å². The van der Waals surface area contributed by atoms with Gasteiger partial charge in [0.2, 0.25) is 0 Å². The number of nitrogens with zero attached hydrogens (tertiary/aromatic N) is 4. The Bertz CT molecular complexity index is 905. The molecule has 1 saturated heterocycles. The summed E-state index contributed by atoms with van der Waals surface area (Å²) in [6.45, 7) is 5.20. The summed E-state index contributed by atoms with van der Waals surface area (Å²) in [5.41, 5.74) is 2.30. The van der Waals surface area contributed by atoms with Crippen molar-refractivity contribution in [1.82, 2.24) is 30.0 Å². The van der Waals surface area contributed by atoms with E-state index in [0.717, 1.165) is 41.6 Å². The highest BCUT2D eigenvalue weighted by Crippen LogP contribution is 2.27. The first-order valence-corrected chi connectivity index (χ1v) is 8.92. The molecule has 2 aromatic heterocycles. The molecule has 0 saturated carbocycles. The largest absolute Gasteiger partial charge is 0.341 e. The molecule has 0 atom stereocenters. The molecule has 0 spiro atoms. The van der Waals surface area contributed by atoms with E-state index in [1.165, 1.54) is 0 Å². The predicted molar refractivity (Wildman–Crippen MR) is 97.8 cm³/mol. The van der Waals surface area contributed by atoms with E-state index in [1.54, 1.807) is 0 Å². The number of nitrogens with one attached hydrogen (secondary N) is 2. The highest BCUT2D eigenvalue weighted by molar-refractivity contribution is 5.94. The van der Waals surface area contributed by atoms with Crippen molar-refractivity contribution in [2.75, 3.05) is 13.1 Å².